The van der Waals surface area contributed by atoms with Crippen molar-refractivity contribution in [1.29, 1.82) is 0 Å². The second-order valence-corrected chi connectivity index (χ2v) is 2.48. The summed E-state index contributed by atoms with van der Waals surface area (Å²) in [6.45, 7) is 6.37. The van der Waals surface area contributed by atoms with E-state index in [2.05, 4.69) is 26.7 Å². The monoisotopic (exact) mass is 122 g/mol. The number of rotatable bonds is 2. The lowest BCUT2D eigenvalue weighted by molar-refractivity contribution is 0.975. The molecule has 0 heterocycles. The molecule has 0 spiro atoms. The van der Waals surface area contributed by atoms with Crippen LogP contribution in [0.5, 0.6) is 0 Å². The molecule has 0 atom stereocenters. The van der Waals surface area contributed by atoms with Crippen molar-refractivity contribution in [2.24, 2.45) is 0 Å². The van der Waals surface area contributed by atoms with Crippen LogP contribution < -0.4 is 0 Å². The molecule has 9 heavy (non-hydrogen) atoms. The number of terminal acetylenes is 1. The van der Waals surface area contributed by atoms with E-state index < -0.39 is 0 Å². The Morgan fingerprint density at radius 2 is 1.89 bits per heavy atom. The van der Waals surface area contributed by atoms with Crippen molar-refractivity contribution < 1.29 is 0 Å². The first-order valence-electron chi connectivity index (χ1n) is 3.25. The number of allylic oxidation sites excluding steroid dienone is 2. The third kappa shape index (κ3) is 3.85. The van der Waals surface area contributed by atoms with Crippen molar-refractivity contribution in [1.82, 2.24) is 0 Å². The van der Waals surface area contributed by atoms with Gasteiger partial charge in [-0.15, -0.1) is 12.3 Å². The van der Waals surface area contributed by atoms with Crippen LogP contribution in [0, 0.1) is 12.3 Å². The summed E-state index contributed by atoms with van der Waals surface area (Å²) in [7, 11) is 0. The van der Waals surface area contributed by atoms with Gasteiger partial charge in [0.2, 0.25) is 0 Å². The molecule has 0 fully saturated rings. The summed E-state index contributed by atoms with van der Waals surface area (Å²) in [5.41, 5.74) is 2.82. The third-order valence-corrected chi connectivity index (χ3v) is 1.50. The van der Waals surface area contributed by atoms with Crippen molar-refractivity contribution in [3.8, 4) is 12.3 Å². The highest BCUT2D eigenvalue weighted by Gasteiger charge is 1.88. The smallest absolute Gasteiger partial charge is 0.0123 e. The van der Waals surface area contributed by atoms with E-state index in [0.29, 0.717) is 0 Å². The first-order valence-corrected chi connectivity index (χ1v) is 3.25. The van der Waals surface area contributed by atoms with Crippen molar-refractivity contribution >= 4 is 0 Å². The van der Waals surface area contributed by atoms with E-state index in [-0.39, 0.29) is 0 Å². The van der Waals surface area contributed by atoms with Crippen LogP contribution in [0.15, 0.2) is 11.1 Å². The summed E-state index contributed by atoms with van der Waals surface area (Å²) < 4.78 is 0. The highest BCUT2D eigenvalue weighted by molar-refractivity contribution is 5.08. The van der Waals surface area contributed by atoms with Crippen molar-refractivity contribution in [2.75, 3.05) is 0 Å². The summed E-state index contributed by atoms with van der Waals surface area (Å²) in [5, 5.41) is 0. The van der Waals surface area contributed by atoms with Crippen molar-refractivity contribution in [3.63, 3.8) is 0 Å². The van der Waals surface area contributed by atoms with Gasteiger partial charge in [-0.2, -0.15) is 0 Å². The molecule has 0 rings (SSSR count). The molecule has 0 unspecified atom stereocenters. The average molecular weight is 122 g/mol. The Morgan fingerprint density at radius 1 is 1.33 bits per heavy atom. The Balaban J connectivity index is 3.67. The molecule has 0 aromatic heterocycles. The summed E-state index contributed by atoms with van der Waals surface area (Å²) in [6.07, 6.45) is 7.03. The van der Waals surface area contributed by atoms with Gasteiger partial charge in [0.25, 0.3) is 0 Å². The highest BCUT2D eigenvalue weighted by Crippen LogP contribution is 2.07. The minimum absolute atomic E-state index is 0.872. The second-order valence-electron chi connectivity index (χ2n) is 2.48. The average Bonchev–Trinajstić information content (AvgIpc) is 1.82. The van der Waals surface area contributed by atoms with Crippen LogP contribution >= 0.6 is 0 Å². The SMILES string of the molecule is C#CCCC(C)=C(C)C. The molecule has 0 amide bonds. The van der Waals surface area contributed by atoms with Gasteiger partial charge in [-0.3, -0.25) is 0 Å². The van der Waals surface area contributed by atoms with Crippen LogP contribution in [0.2, 0.25) is 0 Å². The van der Waals surface area contributed by atoms with E-state index in [1.54, 1.807) is 0 Å². The Hall–Kier alpha value is -0.700. The van der Waals surface area contributed by atoms with Crippen molar-refractivity contribution in [2.45, 2.75) is 33.6 Å². The predicted octanol–water partition coefficient (Wildman–Crippen LogP) is 2.76. The van der Waals surface area contributed by atoms with Gasteiger partial charge >= 0.3 is 0 Å². The standard InChI is InChI=1S/C9H14/c1-5-6-7-9(4)8(2)3/h1H,6-7H2,2-4H3. The Bertz CT molecular complexity index is 140. The minimum atomic E-state index is 0.872. The maximum Gasteiger partial charge on any atom is 0.0123 e. The lowest BCUT2D eigenvalue weighted by atomic mass is 10.1. The first-order chi connectivity index (χ1) is 4.18. The topological polar surface area (TPSA) is 0 Å². The fourth-order valence-corrected chi connectivity index (χ4v) is 0.510. The Labute approximate surface area is 58.0 Å². The van der Waals surface area contributed by atoms with Gasteiger partial charge in [0.05, 0.1) is 0 Å². The molecule has 0 aliphatic carbocycles. The van der Waals surface area contributed by atoms with Crippen LogP contribution in [0.3, 0.4) is 0 Å². The lowest BCUT2D eigenvalue weighted by Gasteiger charge is -1.98. The van der Waals surface area contributed by atoms with Gasteiger partial charge in [-0.1, -0.05) is 11.1 Å². The van der Waals surface area contributed by atoms with E-state index in [4.69, 9.17) is 6.42 Å². The molecule has 0 aromatic carbocycles. The molecule has 0 aromatic rings. The summed E-state index contributed by atoms with van der Waals surface area (Å²) in [5.74, 6) is 2.62. The van der Waals surface area contributed by atoms with Gasteiger partial charge in [0, 0.05) is 6.42 Å². The molecular weight excluding hydrogens is 108 g/mol. The predicted molar refractivity (Wildman–Crippen MR) is 42.1 cm³/mol. The molecule has 0 aliphatic heterocycles. The maximum atomic E-state index is 5.10. The normalized spacial score (nSPS) is 8.22. The molecule has 0 radical (unpaired) electrons. The molecule has 0 saturated heterocycles. The van der Waals surface area contributed by atoms with Gasteiger partial charge in [-0.05, 0) is 27.2 Å². The molecule has 50 valence electrons. The number of hydrogen-bond acceptors (Lipinski definition) is 0. The molecule has 0 heteroatoms. The molecule has 0 N–H and O–H groups in total. The van der Waals surface area contributed by atoms with E-state index in [0.717, 1.165) is 12.8 Å². The minimum Gasteiger partial charge on any atom is -0.120 e. The van der Waals surface area contributed by atoms with Crippen LogP contribution in [-0.4, -0.2) is 0 Å². The summed E-state index contributed by atoms with van der Waals surface area (Å²) in [6, 6.07) is 0. The maximum absolute atomic E-state index is 5.10. The van der Waals surface area contributed by atoms with Gasteiger partial charge in [-0.25, -0.2) is 0 Å². The van der Waals surface area contributed by atoms with Crippen LogP contribution in [0.25, 0.3) is 0 Å². The van der Waals surface area contributed by atoms with E-state index in [9.17, 15) is 0 Å². The van der Waals surface area contributed by atoms with Crippen molar-refractivity contribution in [3.05, 3.63) is 11.1 Å². The Kier molecular flexibility index (Phi) is 3.88. The zero-order valence-corrected chi connectivity index (χ0v) is 6.49. The van der Waals surface area contributed by atoms with Crippen LogP contribution in [-0.2, 0) is 0 Å². The number of hydrogen-bond donors (Lipinski definition) is 0. The highest BCUT2D eigenvalue weighted by atomic mass is 13.9. The van der Waals surface area contributed by atoms with E-state index >= 15 is 0 Å². The van der Waals surface area contributed by atoms with Gasteiger partial charge in [0.15, 0.2) is 0 Å². The second kappa shape index (κ2) is 4.21. The van der Waals surface area contributed by atoms with Crippen LogP contribution in [0.1, 0.15) is 33.6 Å². The van der Waals surface area contributed by atoms with Gasteiger partial charge in [0.1, 0.15) is 0 Å². The molecular formula is C9H14. The first kappa shape index (κ1) is 8.30. The largest absolute Gasteiger partial charge is 0.120 e. The quantitative estimate of drug-likeness (QED) is 0.390. The molecule has 0 nitrogen and oxygen atoms in total. The van der Waals surface area contributed by atoms with E-state index in [1.807, 2.05) is 0 Å². The summed E-state index contributed by atoms with van der Waals surface area (Å²) >= 11 is 0. The molecule has 0 aliphatic rings. The third-order valence-electron chi connectivity index (χ3n) is 1.50. The van der Waals surface area contributed by atoms with Crippen LogP contribution in [0.4, 0.5) is 0 Å². The molecule has 0 bridgehead atoms. The fourth-order valence-electron chi connectivity index (χ4n) is 0.510. The van der Waals surface area contributed by atoms with Gasteiger partial charge < -0.3 is 0 Å². The zero-order chi connectivity index (χ0) is 7.28. The summed E-state index contributed by atoms with van der Waals surface area (Å²) in [4.78, 5) is 0. The molecule has 0 saturated carbocycles. The van der Waals surface area contributed by atoms with E-state index in [1.165, 1.54) is 11.1 Å². The lowest BCUT2D eigenvalue weighted by Crippen LogP contribution is -1.78. The fraction of sp³-hybridized carbons (Fsp3) is 0.556. The Morgan fingerprint density at radius 3 is 2.22 bits per heavy atom. The zero-order valence-electron chi connectivity index (χ0n) is 6.49.